The first kappa shape index (κ1) is 12.5. The van der Waals surface area contributed by atoms with E-state index >= 15 is 0 Å². The second kappa shape index (κ2) is 5.51. The highest BCUT2D eigenvalue weighted by Gasteiger charge is 2.08. The quantitative estimate of drug-likeness (QED) is 0.849. The van der Waals surface area contributed by atoms with Crippen LogP contribution in [0, 0.1) is 0 Å². The van der Waals surface area contributed by atoms with Gasteiger partial charge in [0.2, 0.25) is 0 Å². The van der Waals surface area contributed by atoms with Gasteiger partial charge in [0.1, 0.15) is 0 Å². The Labute approximate surface area is 106 Å². The summed E-state index contributed by atoms with van der Waals surface area (Å²) < 4.78 is 1.69. The van der Waals surface area contributed by atoms with E-state index in [0.717, 1.165) is 14.6 Å². The van der Waals surface area contributed by atoms with Gasteiger partial charge < -0.3 is 10.6 Å². The zero-order valence-electron chi connectivity index (χ0n) is 8.47. The Morgan fingerprint density at radius 1 is 1.27 bits per heavy atom. The average molecular weight is 336 g/mol. The second-order valence-corrected chi connectivity index (χ2v) is 5.06. The van der Waals surface area contributed by atoms with Gasteiger partial charge in [0.25, 0.3) is 0 Å². The first-order valence-electron chi connectivity index (χ1n) is 4.52. The van der Waals surface area contributed by atoms with Crippen LogP contribution in [-0.2, 0) is 0 Å². The molecule has 2 N–H and O–H groups in total. The van der Waals surface area contributed by atoms with Gasteiger partial charge in [-0.25, -0.2) is 4.79 Å². The fourth-order valence-corrected chi connectivity index (χ4v) is 2.23. The summed E-state index contributed by atoms with van der Waals surface area (Å²) >= 11 is 6.74. The molecular weight excluding hydrogens is 324 g/mol. The number of halogens is 2. The van der Waals surface area contributed by atoms with Gasteiger partial charge in [0.05, 0.1) is 5.69 Å². The third-order valence-corrected chi connectivity index (χ3v) is 2.94. The molecule has 2 amide bonds. The standard InChI is InChI=1S/C10H12Br2N2O/c1-6(2)13-10(15)14-9-7(11)4-3-5-8(9)12/h3-6H,1-2H3,(H2,13,14,15). The highest BCUT2D eigenvalue weighted by Crippen LogP contribution is 2.30. The molecule has 0 saturated heterocycles. The lowest BCUT2D eigenvalue weighted by molar-refractivity contribution is 0.250. The van der Waals surface area contributed by atoms with Crippen LogP contribution in [0.25, 0.3) is 0 Å². The molecule has 0 aliphatic carbocycles. The lowest BCUT2D eigenvalue weighted by atomic mass is 10.3. The van der Waals surface area contributed by atoms with Crippen LogP contribution in [-0.4, -0.2) is 12.1 Å². The first-order chi connectivity index (χ1) is 7.00. The van der Waals surface area contributed by atoms with E-state index in [1.54, 1.807) is 0 Å². The number of para-hydroxylation sites is 1. The minimum absolute atomic E-state index is 0.117. The largest absolute Gasteiger partial charge is 0.336 e. The molecule has 0 fully saturated rings. The minimum Gasteiger partial charge on any atom is -0.336 e. The van der Waals surface area contributed by atoms with Crippen molar-refractivity contribution in [2.45, 2.75) is 19.9 Å². The molecule has 0 aliphatic heterocycles. The molecule has 0 aliphatic rings. The summed E-state index contributed by atoms with van der Waals surface area (Å²) in [6, 6.07) is 5.54. The molecule has 0 unspecified atom stereocenters. The Morgan fingerprint density at radius 2 is 1.80 bits per heavy atom. The molecule has 0 atom stereocenters. The topological polar surface area (TPSA) is 41.1 Å². The highest BCUT2D eigenvalue weighted by atomic mass is 79.9. The zero-order valence-corrected chi connectivity index (χ0v) is 11.6. The van der Waals surface area contributed by atoms with Gasteiger partial charge in [-0.3, -0.25) is 0 Å². The average Bonchev–Trinajstić information content (AvgIpc) is 2.10. The van der Waals surface area contributed by atoms with Crippen molar-refractivity contribution in [2.24, 2.45) is 0 Å². The van der Waals surface area contributed by atoms with Crippen LogP contribution in [0.2, 0.25) is 0 Å². The monoisotopic (exact) mass is 334 g/mol. The molecule has 1 aromatic rings. The van der Waals surface area contributed by atoms with Gasteiger partial charge in [-0.1, -0.05) is 6.07 Å². The molecule has 5 heteroatoms. The maximum Gasteiger partial charge on any atom is 0.319 e. The Morgan fingerprint density at radius 3 is 2.27 bits per heavy atom. The van der Waals surface area contributed by atoms with Crippen LogP contribution in [0.5, 0.6) is 0 Å². The van der Waals surface area contributed by atoms with Crippen molar-refractivity contribution >= 4 is 43.6 Å². The Kier molecular flexibility index (Phi) is 4.60. The molecule has 15 heavy (non-hydrogen) atoms. The van der Waals surface area contributed by atoms with E-state index < -0.39 is 0 Å². The van der Waals surface area contributed by atoms with Crippen LogP contribution in [0.15, 0.2) is 27.1 Å². The molecule has 0 radical (unpaired) electrons. The maximum absolute atomic E-state index is 11.5. The van der Waals surface area contributed by atoms with Crippen molar-refractivity contribution in [1.29, 1.82) is 0 Å². The summed E-state index contributed by atoms with van der Waals surface area (Å²) in [5, 5.41) is 5.52. The van der Waals surface area contributed by atoms with Crippen LogP contribution >= 0.6 is 31.9 Å². The van der Waals surface area contributed by atoms with E-state index in [1.165, 1.54) is 0 Å². The van der Waals surface area contributed by atoms with Crippen LogP contribution in [0.3, 0.4) is 0 Å². The summed E-state index contributed by atoms with van der Waals surface area (Å²) in [5.74, 6) is 0. The molecule has 0 bridgehead atoms. The molecule has 1 aromatic carbocycles. The Bertz CT molecular complexity index is 346. The Balaban J connectivity index is 2.76. The molecular formula is C10H12Br2N2O. The van der Waals surface area contributed by atoms with E-state index in [4.69, 9.17) is 0 Å². The van der Waals surface area contributed by atoms with Gasteiger partial charge in [-0.15, -0.1) is 0 Å². The molecule has 0 aromatic heterocycles. The smallest absolute Gasteiger partial charge is 0.319 e. The number of nitrogens with one attached hydrogen (secondary N) is 2. The minimum atomic E-state index is -0.211. The van der Waals surface area contributed by atoms with Gasteiger partial charge >= 0.3 is 6.03 Å². The first-order valence-corrected chi connectivity index (χ1v) is 6.11. The number of anilines is 1. The molecule has 1 rings (SSSR count). The number of benzene rings is 1. The number of carbonyl (C=O) groups excluding carboxylic acids is 1. The summed E-state index contributed by atoms with van der Waals surface area (Å²) in [6.07, 6.45) is 0. The van der Waals surface area contributed by atoms with Crippen molar-refractivity contribution in [1.82, 2.24) is 5.32 Å². The van der Waals surface area contributed by atoms with Crippen LogP contribution in [0.1, 0.15) is 13.8 Å². The molecule has 0 saturated carbocycles. The fraction of sp³-hybridized carbons (Fsp3) is 0.300. The lowest BCUT2D eigenvalue weighted by Crippen LogP contribution is -2.34. The molecule has 0 spiro atoms. The van der Waals surface area contributed by atoms with Crippen molar-refractivity contribution in [2.75, 3.05) is 5.32 Å². The number of hydrogen-bond acceptors (Lipinski definition) is 1. The molecule has 3 nitrogen and oxygen atoms in total. The lowest BCUT2D eigenvalue weighted by Gasteiger charge is -2.12. The summed E-state index contributed by atoms with van der Waals surface area (Å²) in [4.78, 5) is 11.5. The zero-order chi connectivity index (χ0) is 11.4. The molecule has 0 heterocycles. The van der Waals surface area contributed by atoms with Crippen molar-refractivity contribution < 1.29 is 4.79 Å². The third-order valence-electron chi connectivity index (χ3n) is 1.62. The van der Waals surface area contributed by atoms with Crippen molar-refractivity contribution in [3.05, 3.63) is 27.1 Å². The van der Waals surface area contributed by atoms with Gasteiger partial charge in [0.15, 0.2) is 0 Å². The Hall–Kier alpha value is -0.550. The van der Waals surface area contributed by atoms with Crippen LogP contribution < -0.4 is 10.6 Å². The van der Waals surface area contributed by atoms with E-state index in [-0.39, 0.29) is 12.1 Å². The van der Waals surface area contributed by atoms with Gasteiger partial charge in [-0.05, 0) is 57.8 Å². The summed E-state index contributed by atoms with van der Waals surface area (Å²) in [5.41, 5.74) is 0.732. The number of hydrogen-bond donors (Lipinski definition) is 2. The number of rotatable bonds is 2. The number of amides is 2. The van der Waals surface area contributed by atoms with Gasteiger partial charge in [0, 0.05) is 15.0 Å². The van der Waals surface area contributed by atoms with Crippen molar-refractivity contribution in [3.63, 3.8) is 0 Å². The molecule has 82 valence electrons. The van der Waals surface area contributed by atoms with E-state index in [2.05, 4.69) is 42.5 Å². The van der Waals surface area contributed by atoms with Gasteiger partial charge in [-0.2, -0.15) is 0 Å². The summed E-state index contributed by atoms with van der Waals surface area (Å²) in [6.45, 7) is 3.82. The van der Waals surface area contributed by atoms with Crippen molar-refractivity contribution in [3.8, 4) is 0 Å². The SMILES string of the molecule is CC(C)NC(=O)Nc1c(Br)cccc1Br. The number of urea groups is 1. The fourth-order valence-electron chi connectivity index (χ4n) is 1.03. The normalized spacial score (nSPS) is 10.2. The van der Waals surface area contributed by atoms with E-state index in [1.807, 2.05) is 32.0 Å². The third kappa shape index (κ3) is 3.83. The predicted octanol–water partition coefficient (Wildman–Crippen LogP) is 3.74. The second-order valence-electron chi connectivity index (χ2n) is 3.35. The number of carbonyl (C=O) groups is 1. The van der Waals surface area contributed by atoms with E-state index in [0.29, 0.717) is 0 Å². The van der Waals surface area contributed by atoms with E-state index in [9.17, 15) is 4.79 Å². The highest BCUT2D eigenvalue weighted by molar-refractivity contribution is 9.11. The maximum atomic E-state index is 11.5. The van der Waals surface area contributed by atoms with Crippen LogP contribution in [0.4, 0.5) is 10.5 Å². The predicted molar refractivity (Wildman–Crippen MR) is 69.1 cm³/mol. The summed E-state index contributed by atoms with van der Waals surface area (Å²) in [7, 11) is 0.